The Morgan fingerprint density at radius 3 is 2.75 bits per heavy atom. The van der Waals surface area contributed by atoms with Gasteiger partial charge in [0.1, 0.15) is 12.4 Å². The van der Waals surface area contributed by atoms with Crippen molar-refractivity contribution in [3.63, 3.8) is 0 Å². The summed E-state index contributed by atoms with van der Waals surface area (Å²) in [5, 5.41) is 9.97. The van der Waals surface area contributed by atoms with Gasteiger partial charge in [-0.2, -0.15) is 0 Å². The number of benzene rings is 2. The standard InChI is InChI=1S/C26H31N3O3/c1-18-4-2-5-19-7-8-21(15-24(19)27-18)20-9-10-25-22(14-20)16-29(12-13-32-25)26(31)28-11-3-6-23(30)17-28/h7-10,14-15,23,30H,2-6,11-13,16-17H2,1H3. The maximum atomic E-state index is 13.1. The normalized spacial score (nSPS) is 20.9. The lowest BCUT2D eigenvalue weighted by Gasteiger charge is -2.34. The Balaban J connectivity index is 1.41. The molecule has 32 heavy (non-hydrogen) atoms. The number of likely N-dealkylation sites (tertiary alicyclic amines) is 1. The summed E-state index contributed by atoms with van der Waals surface area (Å²) in [6.07, 6.45) is 4.46. The molecule has 6 nitrogen and oxygen atoms in total. The number of carbonyl (C=O) groups excluding carboxylic acids is 1. The molecule has 2 aromatic rings. The highest BCUT2D eigenvalue weighted by molar-refractivity contribution is 5.86. The molecule has 0 aliphatic carbocycles. The third-order valence-electron chi connectivity index (χ3n) is 6.69. The maximum Gasteiger partial charge on any atom is 0.320 e. The average molecular weight is 434 g/mol. The van der Waals surface area contributed by atoms with E-state index in [9.17, 15) is 9.90 Å². The molecular formula is C26H31N3O3. The first-order chi connectivity index (χ1) is 15.6. The number of aliphatic imine (C=N–C) groups is 1. The highest BCUT2D eigenvalue weighted by Gasteiger charge is 2.28. The fourth-order valence-corrected chi connectivity index (χ4v) is 4.92. The van der Waals surface area contributed by atoms with Crippen LogP contribution >= 0.6 is 0 Å². The van der Waals surface area contributed by atoms with Crippen LogP contribution in [-0.2, 0) is 13.0 Å². The van der Waals surface area contributed by atoms with Gasteiger partial charge in [-0.25, -0.2) is 4.79 Å². The molecular weight excluding hydrogens is 402 g/mol. The number of aliphatic hydroxyl groups is 1. The molecule has 1 saturated heterocycles. The van der Waals surface area contributed by atoms with E-state index in [1.54, 1.807) is 4.90 Å². The van der Waals surface area contributed by atoms with Crippen LogP contribution in [0.3, 0.4) is 0 Å². The van der Waals surface area contributed by atoms with Gasteiger partial charge < -0.3 is 19.6 Å². The van der Waals surface area contributed by atoms with Crippen molar-refractivity contribution in [2.24, 2.45) is 4.99 Å². The molecule has 2 amide bonds. The molecule has 2 aromatic carbocycles. The highest BCUT2D eigenvalue weighted by atomic mass is 16.5. The van der Waals surface area contributed by atoms with Crippen molar-refractivity contribution < 1.29 is 14.6 Å². The van der Waals surface area contributed by atoms with Gasteiger partial charge in [0.2, 0.25) is 0 Å². The number of nitrogens with zero attached hydrogens (tertiary/aromatic N) is 3. The van der Waals surface area contributed by atoms with Gasteiger partial charge in [0.05, 0.1) is 24.9 Å². The highest BCUT2D eigenvalue weighted by Crippen LogP contribution is 2.34. The second-order valence-electron chi connectivity index (χ2n) is 9.16. The summed E-state index contributed by atoms with van der Waals surface area (Å²) >= 11 is 0. The van der Waals surface area contributed by atoms with Crippen molar-refractivity contribution in [2.45, 2.75) is 51.7 Å². The summed E-state index contributed by atoms with van der Waals surface area (Å²) in [4.78, 5) is 21.6. The van der Waals surface area contributed by atoms with Crippen LogP contribution in [0.2, 0.25) is 0 Å². The molecule has 0 spiro atoms. The minimum absolute atomic E-state index is 0.0135. The molecule has 1 fully saturated rings. The Hall–Kier alpha value is -2.86. The second kappa shape index (κ2) is 8.94. The number of fused-ring (bicyclic) bond motifs is 2. The summed E-state index contributed by atoms with van der Waals surface area (Å²) in [6.45, 7) is 4.75. The molecule has 3 aliphatic heterocycles. The number of hydrogen-bond acceptors (Lipinski definition) is 4. The van der Waals surface area contributed by atoms with E-state index in [0.29, 0.717) is 32.8 Å². The molecule has 0 saturated carbocycles. The molecule has 3 aliphatic rings. The molecule has 6 heteroatoms. The van der Waals surface area contributed by atoms with E-state index >= 15 is 0 Å². The fraction of sp³-hybridized carbons (Fsp3) is 0.462. The van der Waals surface area contributed by atoms with Crippen molar-refractivity contribution in [2.75, 3.05) is 26.2 Å². The minimum Gasteiger partial charge on any atom is -0.491 e. The first kappa shape index (κ1) is 21.0. The summed E-state index contributed by atoms with van der Waals surface area (Å²) in [5.41, 5.74) is 6.82. The molecule has 168 valence electrons. The first-order valence-electron chi connectivity index (χ1n) is 11.7. The SMILES string of the molecule is CC1=Nc2cc(-c3ccc4c(c3)CN(C(=O)N3CCCC(O)C3)CCO4)ccc2CCC1. The number of β-amino-alcohol motifs (C(OH)–C–C–N with tert-alkyl or cyclic N) is 1. The molecule has 1 N–H and O–H groups in total. The van der Waals surface area contributed by atoms with Crippen molar-refractivity contribution in [3.05, 3.63) is 47.5 Å². The third-order valence-corrected chi connectivity index (χ3v) is 6.69. The molecule has 0 bridgehead atoms. The predicted octanol–water partition coefficient (Wildman–Crippen LogP) is 4.55. The number of carbonyl (C=O) groups is 1. The zero-order valence-electron chi connectivity index (χ0n) is 18.7. The van der Waals surface area contributed by atoms with Crippen molar-refractivity contribution >= 4 is 17.4 Å². The second-order valence-corrected chi connectivity index (χ2v) is 9.16. The van der Waals surface area contributed by atoms with Crippen LogP contribution in [-0.4, -0.2) is 59.0 Å². The summed E-state index contributed by atoms with van der Waals surface area (Å²) in [7, 11) is 0. The van der Waals surface area contributed by atoms with Gasteiger partial charge in [0, 0.05) is 24.4 Å². The van der Waals surface area contributed by atoms with Crippen molar-refractivity contribution in [1.29, 1.82) is 0 Å². The largest absolute Gasteiger partial charge is 0.491 e. The van der Waals surface area contributed by atoms with E-state index in [4.69, 9.17) is 9.73 Å². The predicted molar refractivity (Wildman–Crippen MR) is 126 cm³/mol. The number of rotatable bonds is 1. The number of piperidine rings is 1. The van der Waals surface area contributed by atoms with E-state index in [1.165, 1.54) is 11.3 Å². The van der Waals surface area contributed by atoms with Crippen LogP contribution in [0, 0.1) is 0 Å². The minimum atomic E-state index is -0.422. The van der Waals surface area contributed by atoms with Gasteiger partial charge in [0.25, 0.3) is 0 Å². The lowest BCUT2D eigenvalue weighted by atomic mass is 9.98. The Kier molecular flexibility index (Phi) is 5.87. The smallest absolute Gasteiger partial charge is 0.320 e. The number of amides is 2. The van der Waals surface area contributed by atoms with Crippen molar-refractivity contribution in [3.8, 4) is 16.9 Å². The summed E-state index contributed by atoms with van der Waals surface area (Å²) in [5.74, 6) is 0.839. The molecule has 3 heterocycles. The Morgan fingerprint density at radius 1 is 1.03 bits per heavy atom. The van der Waals surface area contributed by atoms with E-state index in [0.717, 1.165) is 60.2 Å². The lowest BCUT2D eigenvalue weighted by molar-refractivity contribution is 0.0693. The van der Waals surface area contributed by atoms with Gasteiger partial charge in [0.15, 0.2) is 0 Å². The van der Waals surface area contributed by atoms with Crippen molar-refractivity contribution in [1.82, 2.24) is 9.80 Å². The zero-order valence-corrected chi connectivity index (χ0v) is 18.7. The maximum absolute atomic E-state index is 13.1. The topological polar surface area (TPSA) is 65.4 Å². The van der Waals surface area contributed by atoms with Gasteiger partial charge in [-0.1, -0.05) is 18.2 Å². The molecule has 0 radical (unpaired) electrons. The lowest BCUT2D eigenvalue weighted by Crippen LogP contribution is -2.49. The number of aryl methyl sites for hydroxylation is 1. The summed E-state index contributed by atoms with van der Waals surface area (Å²) in [6, 6.07) is 12.8. The van der Waals surface area contributed by atoms with Crippen LogP contribution in [0.25, 0.3) is 11.1 Å². The monoisotopic (exact) mass is 433 g/mol. The van der Waals surface area contributed by atoms with Crippen LogP contribution in [0.4, 0.5) is 10.5 Å². The Bertz CT molecular complexity index is 1050. The van der Waals surface area contributed by atoms with Gasteiger partial charge in [-0.3, -0.25) is 4.99 Å². The van der Waals surface area contributed by atoms with Gasteiger partial charge in [-0.15, -0.1) is 0 Å². The number of hydrogen-bond donors (Lipinski definition) is 1. The van der Waals surface area contributed by atoms with Crippen LogP contribution in [0.15, 0.2) is 41.4 Å². The molecule has 0 aromatic heterocycles. The van der Waals surface area contributed by atoms with Crippen LogP contribution in [0.5, 0.6) is 5.75 Å². The number of urea groups is 1. The van der Waals surface area contributed by atoms with E-state index in [1.807, 2.05) is 11.0 Å². The third kappa shape index (κ3) is 4.37. The fourth-order valence-electron chi connectivity index (χ4n) is 4.92. The molecule has 1 atom stereocenters. The average Bonchev–Trinajstić information content (AvgIpc) is 3.12. The van der Waals surface area contributed by atoms with Gasteiger partial charge >= 0.3 is 6.03 Å². The molecule has 5 rings (SSSR count). The Morgan fingerprint density at radius 2 is 1.88 bits per heavy atom. The summed E-state index contributed by atoms with van der Waals surface area (Å²) < 4.78 is 5.97. The van der Waals surface area contributed by atoms with Crippen LogP contribution in [0.1, 0.15) is 43.7 Å². The number of aliphatic hydroxyl groups excluding tert-OH is 1. The number of ether oxygens (including phenoxy) is 1. The molecule has 1 unspecified atom stereocenters. The Labute approximate surface area is 189 Å². The van der Waals surface area contributed by atoms with Gasteiger partial charge in [-0.05, 0) is 73.9 Å². The first-order valence-corrected chi connectivity index (χ1v) is 11.7. The quantitative estimate of drug-likeness (QED) is 0.717. The zero-order chi connectivity index (χ0) is 22.1. The van der Waals surface area contributed by atoms with E-state index in [2.05, 4.69) is 37.3 Å². The van der Waals surface area contributed by atoms with Crippen LogP contribution < -0.4 is 4.74 Å². The van der Waals surface area contributed by atoms with E-state index < -0.39 is 6.10 Å². The van der Waals surface area contributed by atoms with E-state index in [-0.39, 0.29) is 6.03 Å².